The van der Waals surface area contributed by atoms with E-state index >= 15 is 0 Å². The Bertz CT molecular complexity index is 652. The normalized spacial score (nSPS) is 13.4. The Morgan fingerprint density at radius 1 is 1.10 bits per heavy atom. The minimum absolute atomic E-state index is 0.433. The van der Waals surface area contributed by atoms with Gasteiger partial charge in [-0.15, -0.1) is 0 Å². The molecule has 0 unspecified atom stereocenters. The summed E-state index contributed by atoms with van der Waals surface area (Å²) < 4.78 is 18.6. The number of hydrogen-bond donors (Lipinski definition) is 1. The average Bonchev–Trinajstić information content (AvgIpc) is 2.47. The first-order valence-corrected chi connectivity index (χ1v) is 7.97. The number of rotatable bonds is 5. The Balaban J connectivity index is 2.64. The van der Waals surface area contributed by atoms with Gasteiger partial charge in [-0.2, -0.15) is 0 Å². The van der Waals surface area contributed by atoms with Crippen LogP contribution in [0.25, 0.3) is 0 Å². The molecule has 0 aliphatic heterocycles. The Labute approximate surface area is 117 Å². The topological polar surface area (TPSA) is 63.6 Å². The van der Waals surface area contributed by atoms with E-state index in [0.717, 1.165) is 0 Å². The molecule has 5 heteroatoms. The van der Waals surface area contributed by atoms with Crippen LogP contribution in [-0.2, 0) is 9.36 Å². The van der Waals surface area contributed by atoms with Crippen LogP contribution in [0.15, 0.2) is 54.6 Å². The van der Waals surface area contributed by atoms with Crippen LogP contribution in [0, 0.1) is 0 Å². The monoisotopic (exact) mass is 290 g/mol. The smallest absolute Gasteiger partial charge is 0.311 e. The van der Waals surface area contributed by atoms with Crippen LogP contribution in [0.5, 0.6) is 5.75 Å². The summed E-state index contributed by atoms with van der Waals surface area (Å²) in [7, 11) is -1.78. The molecule has 0 aromatic heterocycles. The van der Waals surface area contributed by atoms with E-state index in [9.17, 15) is 9.36 Å². The highest BCUT2D eigenvalue weighted by molar-refractivity contribution is 7.79. The fraction of sp³-hybridized carbons (Fsp3) is 0.133. The lowest BCUT2D eigenvalue weighted by Gasteiger charge is -2.19. The lowest BCUT2D eigenvalue weighted by atomic mass is 10.3. The number of carbonyl (C=O) groups is 1. The quantitative estimate of drug-likeness (QED) is 0.856. The zero-order valence-corrected chi connectivity index (χ0v) is 11.9. The highest BCUT2D eigenvalue weighted by Crippen LogP contribution is 2.45. The molecule has 1 atom stereocenters. The van der Waals surface area contributed by atoms with Gasteiger partial charge in [-0.1, -0.05) is 42.5 Å². The van der Waals surface area contributed by atoms with E-state index in [1.165, 1.54) is 7.11 Å². The van der Waals surface area contributed by atoms with Crippen LogP contribution in [0.1, 0.15) is 0 Å². The van der Waals surface area contributed by atoms with Crippen molar-refractivity contribution in [1.29, 1.82) is 0 Å². The molecular formula is C15H15O4P. The van der Waals surface area contributed by atoms with Gasteiger partial charge < -0.3 is 14.4 Å². The van der Waals surface area contributed by atoms with E-state index in [4.69, 9.17) is 9.84 Å². The summed E-state index contributed by atoms with van der Waals surface area (Å²) >= 11 is 0. The zero-order valence-electron chi connectivity index (χ0n) is 11.0. The largest absolute Gasteiger partial charge is 0.496 e. The maximum absolute atomic E-state index is 13.3. The molecular weight excluding hydrogens is 275 g/mol. The van der Waals surface area contributed by atoms with E-state index in [1.807, 2.05) is 0 Å². The average molecular weight is 290 g/mol. The first-order chi connectivity index (χ1) is 9.58. The van der Waals surface area contributed by atoms with Crippen LogP contribution in [0.4, 0.5) is 0 Å². The van der Waals surface area contributed by atoms with Crippen molar-refractivity contribution in [1.82, 2.24) is 0 Å². The third-order valence-corrected chi connectivity index (χ3v) is 6.00. The van der Waals surface area contributed by atoms with Crippen LogP contribution < -0.4 is 15.3 Å². The Morgan fingerprint density at radius 2 is 1.70 bits per heavy atom. The third kappa shape index (κ3) is 2.75. The third-order valence-electron chi connectivity index (χ3n) is 3.01. The molecule has 0 bridgehead atoms. The standard InChI is InChI=1S/C15H15O4P/c1-19-13-9-5-6-10-14(13)20(18,11-15(16)17)12-7-3-2-4-8-12/h2-10H,11H2,1H3,(H,16,17)/t20-/m0/s1. The zero-order chi connectivity index (χ0) is 14.6. The second-order valence-corrected chi connectivity index (χ2v) is 7.09. The van der Waals surface area contributed by atoms with E-state index in [1.54, 1.807) is 54.6 Å². The summed E-state index contributed by atoms with van der Waals surface area (Å²) in [6.45, 7) is 0. The number of benzene rings is 2. The molecule has 0 fully saturated rings. The fourth-order valence-corrected chi connectivity index (χ4v) is 4.62. The summed E-state index contributed by atoms with van der Waals surface area (Å²) in [5.74, 6) is -0.649. The van der Waals surface area contributed by atoms with Crippen molar-refractivity contribution in [2.45, 2.75) is 0 Å². The second-order valence-electron chi connectivity index (χ2n) is 4.30. The van der Waals surface area contributed by atoms with Crippen LogP contribution in [0.2, 0.25) is 0 Å². The molecule has 2 aromatic carbocycles. The maximum atomic E-state index is 13.3. The van der Waals surface area contributed by atoms with E-state index in [2.05, 4.69) is 0 Å². The van der Waals surface area contributed by atoms with Crippen molar-refractivity contribution < 1.29 is 19.2 Å². The first-order valence-electron chi connectivity index (χ1n) is 6.08. The van der Waals surface area contributed by atoms with Gasteiger partial charge in [0.2, 0.25) is 0 Å². The number of aliphatic carboxylic acids is 1. The van der Waals surface area contributed by atoms with Gasteiger partial charge in [-0.25, -0.2) is 0 Å². The van der Waals surface area contributed by atoms with E-state index in [0.29, 0.717) is 16.4 Å². The van der Waals surface area contributed by atoms with Crippen LogP contribution in [-0.4, -0.2) is 24.3 Å². The molecule has 4 nitrogen and oxygen atoms in total. The summed E-state index contributed by atoms with van der Waals surface area (Å²) in [6, 6.07) is 15.5. The predicted octanol–water partition coefficient (Wildman–Crippen LogP) is 2.09. The number of para-hydroxylation sites is 1. The molecule has 0 saturated heterocycles. The van der Waals surface area contributed by atoms with Crippen molar-refractivity contribution in [3.63, 3.8) is 0 Å². The molecule has 0 aliphatic rings. The summed E-state index contributed by atoms with van der Waals surface area (Å²) in [4.78, 5) is 11.1. The Morgan fingerprint density at radius 3 is 2.30 bits per heavy atom. The Hall–Kier alpha value is -2.06. The SMILES string of the molecule is COc1ccccc1[P@](=O)(CC(=O)O)c1ccccc1. The van der Waals surface area contributed by atoms with Crippen molar-refractivity contribution in [3.8, 4) is 5.75 Å². The molecule has 2 aromatic rings. The minimum atomic E-state index is -3.26. The molecule has 1 N–H and O–H groups in total. The summed E-state index contributed by atoms with van der Waals surface area (Å²) in [6.07, 6.45) is -0.433. The van der Waals surface area contributed by atoms with Crippen molar-refractivity contribution >= 4 is 23.7 Å². The number of ether oxygens (including phenoxy) is 1. The van der Waals surface area contributed by atoms with Gasteiger partial charge in [-0.3, -0.25) is 4.79 Å². The molecule has 2 rings (SSSR count). The number of carboxylic acids is 1. The highest BCUT2D eigenvalue weighted by atomic mass is 31.2. The molecule has 0 heterocycles. The molecule has 0 radical (unpaired) electrons. The van der Waals surface area contributed by atoms with Gasteiger partial charge in [0.25, 0.3) is 0 Å². The van der Waals surface area contributed by atoms with Gasteiger partial charge in [0, 0.05) is 5.30 Å². The number of hydrogen-bond acceptors (Lipinski definition) is 3. The van der Waals surface area contributed by atoms with Crippen LogP contribution in [0.3, 0.4) is 0 Å². The van der Waals surface area contributed by atoms with E-state index in [-0.39, 0.29) is 0 Å². The number of methoxy groups -OCH3 is 1. The second kappa shape index (κ2) is 5.93. The van der Waals surface area contributed by atoms with Gasteiger partial charge in [0.1, 0.15) is 11.9 Å². The van der Waals surface area contributed by atoms with Crippen molar-refractivity contribution in [3.05, 3.63) is 54.6 Å². The molecule has 20 heavy (non-hydrogen) atoms. The molecule has 0 saturated carbocycles. The summed E-state index contributed by atoms with van der Waals surface area (Å²) in [5.41, 5.74) is 0. The predicted molar refractivity (Wildman–Crippen MR) is 78.8 cm³/mol. The van der Waals surface area contributed by atoms with Gasteiger partial charge >= 0.3 is 5.97 Å². The van der Waals surface area contributed by atoms with Crippen molar-refractivity contribution in [2.24, 2.45) is 0 Å². The first kappa shape index (κ1) is 14.4. The van der Waals surface area contributed by atoms with Gasteiger partial charge in [0.15, 0.2) is 7.14 Å². The highest BCUT2D eigenvalue weighted by Gasteiger charge is 2.32. The molecule has 0 spiro atoms. The Kier molecular flexibility index (Phi) is 4.26. The minimum Gasteiger partial charge on any atom is -0.496 e. The molecule has 0 aliphatic carbocycles. The molecule has 104 valence electrons. The lowest BCUT2D eigenvalue weighted by Crippen LogP contribution is -2.23. The van der Waals surface area contributed by atoms with Crippen LogP contribution >= 0.6 is 7.14 Å². The van der Waals surface area contributed by atoms with Gasteiger partial charge in [0.05, 0.1) is 12.4 Å². The fourth-order valence-electron chi connectivity index (χ4n) is 2.10. The summed E-state index contributed by atoms with van der Waals surface area (Å²) in [5, 5.41) is 10.1. The molecule has 0 amide bonds. The lowest BCUT2D eigenvalue weighted by molar-refractivity contribution is -0.134. The van der Waals surface area contributed by atoms with Crippen molar-refractivity contribution in [2.75, 3.05) is 13.3 Å². The maximum Gasteiger partial charge on any atom is 0.311 e. The number of carboxylic acid groups (broad SMARTS) is 1. The van der Waals surface area contributed by atoms with E-state index < -0.39 is 19.3 Å². The van der Waals surface area contributed by atoms with Gasteiger partial charge in [-0.05, 0) is 12.1 Å².